The summed E-state index contributed by atoms with van der Waals surface area (Å²) in [4.78, 5) is 5.82. The third kappa shape index (κ3) is 3.34. The monoisotopic (exact) mass is 336 g/mol. The van der Waals surface area contributed by atoms with Gasteiger partial charge in [-0.1, -0.05) is 24.3 Å². The molecule has 3 rings (SSSR count). The third-order valence-electron chi connectivity index (χ3n) is 3.83. The van der Waals surface area contributed by atoms with Crippen LogP contribution in [-0.2, 0) is 6.54 Å². The molecule has 3 nitrogen and oxygen atoms in total. The zero-order chi connectivity index (χ0) is 16.9. The van der Waals surface area contributed by atoms with Gasteiger partial charge >= 0.3 is 0 Å². The van der Waals surface area contributed by atoms with E-state index in [2.05, 4.69) is 41.6 Å². The fourth-order valence-corrected chi connectivity index (χ4v) is 3.44. The second-order valence-electron chi connectivity index (χ2n) is 5.43. The highest BCUT2D eigenvalue weighted by Crippen LogP contribution is 2.24. The van der Waals surface area contributed by atoms with Crippen molar-refractivity contribution in [2.45, 2.75) is 13.5 Å². The fourth-order valence-electron chi connectivity index (χ4n) is 2.51. The first kappa shape index (κ1) is 16.3. The van der Waals surface area contributed by atoms with Crippen molar-refractivity contribution >= 4 is 17.0 Å². The molecule has 1 heterocycles. The van der Waals surface area contributed by atoms with Crippen molar-refractivity contribution < 1.29 is 4.74 Å². The number of nitrogens with zero attached hydrogens (tertiary/aromatic N) is 2. The Labute approximate surface area is 146 Å². The van der Waals surface area contributed by atoms with Crippen LogP contribution in [0.15, 0.2) is 71.6 Å². The van der Waals surface area contributed by atoms with Crippen LogP contribution in [-0.4, -0.2) is 11.7 Å². The first-order valence-electron chi connectivity index (χ1n) is 7.77. The summed E-state index contributed by atoms with van der Waals surface area (Å²) in [5.41, 5.74) is 4.44. The standard InChI is InChI=1S/C20H20N2OS/c1-4-13-22-19(16-9-11-17(23-3)12-10-16)14-24-20(22)21-18-8-6-5-7-15(18)2/h4-12,14H,1,13H2,2-3H3. The Kier molecular flexibility index (Phi) is 4.96. The minimum atomic E-state index is 0.718. The zero-order valence-corrected chi connectivity index (χ0v) is 14.7. The van der Waals surface area contributed by atoms with E-state index in [0.717, 1.165) is 34.0 Å². The average Bonchev–Trinajstić information content (AvgIpc) is 3.00. The van der Waals surface area contributed by atoms with Gasteiger partial charge in [-0.3, -0.25) is 0 Å². The van der Waals surface area contributed by atoms with Gasteiger partial charge in [0.2, 0.25) is 0 Å². The molecule has 0 aliphatic rings. The van der Waals surface area contributed by atoms with E-state index < -0.39 is 0 Å². The molecular weight excluding hydrogens is 316 g/mol. The molecule has 0 fully saturated rings. The molecule has 0 aliphatic carbocycles. The molecule has 1 aromatic heterocycles. The topological polar surface area (TPSA) is 26.5 Å². The number of benzene rings is 2. The number of allylic oxidation sites excluding steroid dienone is 1. The van der Waals surface area contributed by atoms with Gasteiger partial charge in [0, 0.05) is 11.9 Å². The van der Waals surface area contributed by atoms with Crippen molar-refractivity contribution in [3.8, 4) is 17.0 Å². The Bertz CT molecular complexity index is 904. The van der Waals surface area contributed by atoms with Gasteiger partial charge in [0.05, 0.1) is 18.5 Å². The lowest BCUT2D eigenvalue weighted by atomic mass is 10.1. The molecule has 0 unspecified atom stereocenters. The highest BCUT2D eigenvalue weighted by molar-refractivity contribution is 7.07. The first-order chi connectivity index (χ1) is 11.7. The second kappa shape index (κ2) is 7.32. The van der Waals surface area contributed by atoms with E-state index in [1.54, 1.807) is 18.4 Å². The van der Waals surface area contributed by atoms with Crippen LogP contribution in [0.1, 0.15) is 5.56 Å². The molecule has 0 aliphatic heterocycles. The number of ether oxygens (including phenoxy) is 1. The molecule has 122 valence electrons. The van der Waals surface area contributed by atoms with E-state index in [0.29, 0.717) is 0 Å². The molecule has 0 saturated heterocycles. The molecule has 24 heavy (non-hydrogen) atoms. The number of hydrogen-bond donors (Lipinski definition) is 0. The lowest BCUT2D eigenvalue weighted by molar-refractivity contribution is 0.415. The summed E-state index contributed by atoms with van der Waals surface area (Å²) in [6, 6.07) is 16.3. The van der Waals surface area contributed by atoms with Crippen LogP contribution in [0.2, 0.25) is 0 Å². The number of para-hydroxylation sites is 1. The Hall–Kier alpha value is -2.59. The number of thiazole rings is 1. The molecule has 0 spiro atoms. The maximum atomic E-state index is 5.24. The van der Waals surface area contributed by atoms with E-state index >= 15 is 0 Å². The Morgan fingerprint density at radius 3 is 2.58 bits per heavy atom. The SMILES string of the molecule is C=CCn1c(-c2ccc(OC)cc2)csc1=Nc1ccccc1C. The third-order valence-corrected chi connectivity index (χ3v) is 4.69. The summed E-state index contributed by atoms with van der Waals surface area (Å²) in [5, 5.41) is 2.14. The van der Waals surface area contributed by atoms with Crippen LogP contribution < -0.4 is 9.54 Å². The zero-order valence-electron chi connectivity index (χ0n) is 13.9. The summed E-state index contributed by atoms with van der Waals surface area (Å²) < 4.78 is 7.43. The highest BCUT2D eigenvalue weighted by atomic mass is 32.1. The molecule has 0 saturated carbocycles. The number of aromatic nitrogens is 1. The number of aryl methyl sites for hydroxylation is 1. The minimum absolute atomic E-state index is 0.718. The summed E-state index contributed by atoms with van der Waals surface area (Å²) in [6.07, 6.45) is 1.90. The highest BCUT2D eigenvalue weighted by Gasteiger charge is 2.08. The fraction of sp³-hybridized carbons (Fsp3) is 0.150. The van der Waals surface area contributed by atoms with Crippen molar-refractivity contribution in [3.63, 3.8) is 0 Å². The van der Waals surface area contributed by atoms with E-state index in [1.165, 1.54) is 5.56 Å². The molecule has 2 aromatic carbocycles. The molecular formula is C20H20N2OS. The Morgan fingerprint density at radius 1 is 1.17 bits per heavy atom. The van der Waals surface area contributed by atoms with Crippen molar-refractivity contribution in [3.05, 3.63) is 76.9 Å². The summed E-state index contributed by atoms with van der Waals surface area (Å²) >= 11 is 1.64. The lowest BCUT2D eigenvalue weighted by Crippen LogP contribution is -2.14. The summed E-state index contributed by atoms with van der Waals surface area (Å²) in [7, 11) is 1.68. The quantitative estimate of drug-likeness (QED) is 0.605. The molecule has 3 aromatic rings. The molecule has 0 atom stereocenters. The predicted octanol–water partition coefficient (Wildman–Crippen LogP) is 4.95. The number of rotatable bonds is 5. The summed E-state index contributed by atoms with van der Waals surface area (Å²) in [6.45, 7) is 6.68. The van der Waals surface area contributed by atoms with E-state index in [-0.39, 0.29) is 0 Å². The van der Waals surface area contributed by atoms with Gasteiger partial charge in [0.15, 0.2) is 4.80 Å². The normalized spacial score (nSPS) is 11.5. The molecule has 0 amide bonds. The van der Waals surface area contributed by atoms with Gasteiger partial charge in [-0.05, 0) is 48.4 Å². The van der Waals surface area contributed by atoms with Crippen molar-refractivity contribution in [1.29, 1.82) is 0 Å². The van der Waals surface area contributed by atoms with Gasteiger partial charge in [-0.15, -0.1) is 17.9 Å². The second-order valence-corrected chi connectivity index (χ2v) is 6.27. The van der Waals surface area contributed by atoms with Gasteiger partial charge in [0.1, 0.15) is 5.75 Å². The maximum absolute atomic E-state index is 5.24. The van der Waals surface area contributed by atoms with E-state index in [1.807, 2.05) is 36.4 Å². The number of hydrogen-bond acceptors (Lipinski definition) is 3. The van der Waals surface area contributed by atoms with Gasteiger partial charge in [0.25, 0.3) is 0 Å². The average molecular weight is 336 g/mol. The molecule has 0 N–H and O–H groups in total. The summed E-state index contributed by atoms with van der Waals surface area (Å²) in [5.74, 6) is 0.856. The number of methoxy groups -OCH3 is 1. The van der Waals surface area contributed by atoms with Crippen molar-refractivity contribution in [2.75, 3.05) is 7.11 Å². The van der Waals surface area contributed by atoms with Crippen LogP contribution in [0.4, 0.5) is 5.69 Å². The van der Waals surface area contributed by atoms with E-state index in [4.69, 9.17) is 9.73 Å². The van der Waals surface area contributed by atoms with Crippen LogP contribution in [0.25, 0.3) is 11.3 Å². The maximum Gasteiger partial charge on any atom is 0.190 e. The van der Waals surface area contributed by atoms with Gasteiger partial charge in [-0.25, -0.2) is 4.99 Å². The van der Waals surface area contributed by atoms with Crippen LogP contribution in [0, 0.1) is 6.92 Å². The van der Waals surface area contributed by atoms with Crippen LogP contribution >= 0.6 is 11.3 Å². The van der Waals surface area contributed by atoms with Gasteiger partial charge in [-0.2, -0.15) is 0 Å². The van der Waals surface area contributed by atoms with Gasteiger partial charge < -0.3 is 9.30 Å². The lowest BCUT2D eigenvalue weighted by Gasteiger charge is -2.08. The predicted molar refractivity (Wildman–Crippen MR) is 101 cm³/mol. The van der Waals surface area contributed by atoms with Crippen LogP contribution in [0.5, 0.6) is 5.75 Å². The van der Waals surface area contributed by atoms with Crippen molar-refractivity contribution in [2.24, 2.45) is 4.99 Å². The largest absolute Gasteiger partial charge is 0.497 e. The minimum Gasteiger partial charge on any atom is -0.497 e. The molecule has 4 heteroatoms. The molecule has 0 bridgehead atoms. The molecule has 0 radical (unpaired) electrons. The van der Waals surface area contributed by atoms with E-state index in [9.17, 15) is 0 Å². The first-order valence-corrected chi connectivity index (χ1v) is 8.65. The van der Waals surface area contributed by atoms with Crippen LogP contribution in [0.3, 0.4) is 0 Å². The smallest absolute Gasteiger partial charge is 0.190 e. The van der Waals surface area contributed by atoms with Crippen molar-refractivity contribution in [1.82, 2.24) is 4.57 Å². The Morgan fingerprint density at radius 2 is 1.92 bits per heavy atom. The Balaban J connectivity index is 2.10.